The van der Waals surface area contributed by atoms with E-state index in [1.165, 1.54) is 5.56 Å². The van der Waals surface area contributed by atoms with Crippen molar-refractivity contribution in [1.29, 1.82) is 0 Å². The van der Waals surface area contributed by atoms with Crippen LogP contribution in [-0.4, -0.2) is 16.1 Å². The maximum absolute atomic E-state index is 11.0. The largest absolute Gasteiger partial charge is 0.481 e. The summed E-state index contributed by atoms with van der Waals surface area (Å²) in [6.45, 7) is 0. The smallest absolute Gasteiger partial charge is 0.306 e. The molecule has 2 rings (SSSR count). The van der Waals surface area contributed by atoms with Crippen LogP contribution in [0.4, 0.5) is 0 Å². The Balaban J connectivity index is 1.76. The van der Waals surface area contributed by atoms with E-state index in [1.807, 2.05) is 18.3 Å². The molecule has 0 bridgehead atoms. The molecule has 0 radical (unpaired) electrons. The van der Waals surface area contributed by atoms with Crippen LogP contribution in [0.5, 0.6) is 0 Å². The van der Waals surface area contributed by atoms with Crippen molar-refractivity contribution in [1.82, 2.24) is 4.98 Å². The first-order chi connectivity index (χ1) is 7.77. The molecule has 1 heterocycles. The summed E-state index contributed by atoms with van der Waals surface area (Å²) in [5.41, 5.74) is 1.20. The number of hydrogen-bond donors (Lipinski definition) is 1. The fourth-order valence-corrected chi connectivity index (χ4v) is 2.13. The quantitative estimate of drug-likeness (QED) is 0.799. The van der Waals surface area contributed by atoms with Crippen LogP contribution in [0.3, 0.4) is 0 Å². The molecule has 1 aromatic rings. The maximum atomic E-state index is 11.0. The van der Waals surface area contributed by atoms with Crippen molar-refractivity contribution in [3.8, 4) is 0 Å². The van der Waals surface area contributed by atoms with E-state index in [1.54, 1.807) is 6.20 Å². The molecule has 0 unspecified atom stereocenters. The number of carboxylic acid groups (broad SMARTS) is 1. The van der Waals surface area contributed by atoms with Crippen molar-refractivity contribution >= 4 is 5.97 Å². The second-order valence-electron chi connectivity index (χ2n) is 4.54. The van der Waals surface area contributed by atoms with Gasteiger partial charge in [0.05, 0.1) is 5.92 Å². The SMILES string of the molecule is O=C(O)[C@@H](CCCc1cccnc1)C1CC1. The summed E-state index contributed by atoms with van der Waals surface area (Å²) < 4.78 is 0. The van der Waals surface area contributed by atoms with Crippen LogP contribution in [-0.2, 0) is 11.2 Å². The normalized spacial score (nSPS) is 17.0. The molecule has 1 atom stereocenters. The minimum absolute atomic E-state index is 0.114. The Labute approximate surface area is 95.5 Å². The molecular formula is C13H17NO2. The molecule has 0 spiro atoms. The van der Waals surface area contributed by atoms with E-state index in [9.17, 15) is 4.79 Å². The van der Waals surface area contributed by atoms with Gasteiger partial charge >= 0.3 is 5.97 Å². The van der Waals surface area contributed by atoms with Crippen LogP contribution < -0.4 is 0 Å². The van der Waals surface area contributed by atoms with E-state index in [4.69, 9.17) is 5.11 Å². The summed E-state index contributed by atoms with van der Waals surface area (Å²) in [5.74, 6) is -0.281. The second kappa shape index (κ2) is 5.10. The third-order valence-corrected chi connectivity index (χ3v) is 3.21. The summed E-state index contributed by atoms with van der Waals surface area (Å²) in [4.78, 5) is 15.1. The van der Waals surface area contributed by atoms with Crippen molar-refractivity contribution in [2.24, 2.45) is 11.8 Å². The maximum Gasteiger partial charge on any atom is 0.306 e. The predicted molar refractivity (Wildman–Crippen MR) is 61.0 cm³/mol. The van der Waals surface area contributed by atoms with Crippen molar-refractivity contribution in [3.63, 3.8) is 0 Å². The highest BCUT2D eigenvalue weighted by molar-refractivity contribution is 5.70. The predicted octanol–water partition coefficient (Wildman–Crippen LogP) is 2.52. The van der Waals surface area contributed by atoms with Crippen molar-refractivity contribution < 1.29 is 9.90 Å². The molecule has 86 valence electrons. The van der Waals surface area contributed by atoms with Crippen LogP contribution in [0.2, 0.25) is 0 Å². The van der Waals surface area contributed by atoms with Gasteiger partial charge in [0.2, 0.25) is 0 Å². The molecular weight excluding hydrogens is 202 g/mol. The molecule has 16 heavy (non-hydrogen) atoms. The van der Waals surface area contributed by atoms with Gasteiger partial charge < -0.3 is 5.11 Å². The Kier molecular flexibility index (Phi) is 3.54. The molecule has 3 nitrogen and oxygen atoms in total. The summed E-state index contributed by atoms with van der Waals surface area (Å²) >= 11 is 0. The van der Waals surface area contributed by atoms with Crippen molar-refractivity contribution in [3.05, 3.63) is 30.1 Å². The Bertz CT molecular complexity index is 346. The Morgan fingerprint density at radius 3 is 2.94 bits per heavy atom. The minimum atomic E-state index is -0.617. The molecule has 1 N–H and O–H groups in total. The number of carboxylic acids is 1. The van der Waals surface area contributed by atoms with Crippen LogP contribution in [0.25, 0.3) is 0 Å². The van der Waals surface area contributed by atoms with Crippen LogP contribution in [0.1, 0.15) is 31.2 Å². The zero-order valence-corrected chi connectivity index (χ0v) is 9.30. The molecule has 1 saturated carbocycles. The monoisotopic (exact) mass is 219 g/mol. The van der Waals surface area contributed by atoms with Crippen molar-refractivity contribution in [2.75, 3.05) is 0 Å². The molecule has 0 aliphatic heterocycles. The lowest BCUT2D eigenvalue weighted by atomic mass is 9.96. The highest BCUT2D eigenvalue weighted by atomic mass is 16.4. The van der Waals surface area contributed by atoms with Crippen LogP contribution in [0.15, 0.2) is 24.5 Å². The van der Waals surface area contributed by atoms with Crippen molar-refractivity contribution in [2.45, 2.75) is 32.1 Å². The highest BCUT2D eigenvalue weighted by Gasteiger charge is 2.35. The third kappa shape index (κ3) is 3.05. The number of nitrogens with zero attached hydrogens (tertiary/aromatic N) is 1. The highest BCUT2D eigenvalue weighted by Crippen LogP contribution is 2.39. The molecule has 3 heteroatoms. The van der Waals surface area contributed by atoms with Gasteiger partial charge in [-0.25, -0.2) is 0 Å². The zero-order valence-electron chi connectivity index (χ0n) is 9.30. The van der Waals surface area contributed by atoms with Gasteiger partial charge in [0.25, 0.3) is 0 Å². The molecule has 0 aromatic carbocycles. The number of aliphatic carboxylic acids is 1. The number of pyridine rings is 1. The number of rotatable bonds is 6. The lowest BCUT2D eigenvalue weighted by Crippen LogP contribution is -2.15. The van der Waals surface area contributed by atoms with E-state index in [0.29, 0.717) is 5.92 Å². The Morgan fingerprint density at radius 2 is 2.38 bits per heavy atom. The zero-order chi connectivity index (χ0) is 11.4. The molecule has 1 aromatic heterocycles. The fraction of sp³-hybridized carbons (Fsp3) is 0.538. The van der Waals surface area contributed by atoms with Gasteiger partial charge in [-0.3, -0.25) is 9.78 Å². The van der Waals surface area contributed by atoms with E-state index in [0.717, 1.165) is 32.1 Å². The van der Waals surface area contributed by atoms with E-state index < -0.39 is 5.97 Å². The molecule has 0 saturated heterocycles. The standard InChI is InChI=1S/C13H17NO2/c15-13(16)12(11-6-7-11)5-1-3-10-4-2-8-14-9-10/h2,4,8-9,11-12H,1,3,5-7H2,(H,15,16)/t12-/m0/s1. The molecule has 0 amide bonds. The van der Waals surface area contributed by atoms with Gasteiger partial charge in [0, 0.05) is 12.4 Å². The lowest BCUT2D eigenvalue weighted by Gasteiger charge is -2.10. The first kappa shape index (κ1) is 11.1. The average molecular weight is 219 g/mol. The first-order valence-corrected chi connectivity index (χ1v) is 5.89. The topological polar surface area (TPSA) is 50.2 Å². The number of aromatic nitrogens is 1. The molecule has 1 aliphatic carbocycles. The Morgan fingerprint density at radius 1 is 1.56 bits per heavy atom. The molecule has 1 aliphatic rings. The summed E-state index contributed by atoms with van der Waals surface area (Å²) in [5, 5.41) is 9.07. The van der Waals surface area contributed by atoms with Crippen LogP contribution >= 0.6 is 0 Å². The number of hydrogen-bond acceptors (Lipinski definition) is 2. The van der Waals surface area contributed by atoms with Gasteiger partial charge in [0.1, 0.15) is 0 Å². The second-order valence-corrected chi connectivity index (χ2v) is 4.54. The lowest BCUT2D eigenvalue weighted by molar-refractivity contribution is -0.142. The Hall–Kier alpha value is -1.38. The van der Waals surface area contributed by atoms with E-state index >= 15 is 0 Å². The van der Waals surface area contributed by atoms with E-state index in [-0.39, 0.29) is 5.92 Å². The first-order valence-electron chi connectivity index (χ1n) is 5.89. The summed E-state index contributed by atoms with van der Waals surface area (Å²) in [7, 11) is 0. The van der Waals surface area contributed by atoms with Gasteiger partial charge in [0.15, 0.2) is 0 Å². The fourth-order valence-electron chi connectivity index (χ4n) is 2.13. The van der Waals surface area contributed by atoms with Crippen LogP contribution in [0, 0.1) is 11.8 Å². The average Bonchev–Trinajstić information content (AvgIpc) is 3.09. The summed E-state index contributed by atoms with van der Waals surface area (Å²) in [6.07, 6.45) is 8.49. The van der Waals surface area contributed by atoms with Gasteiger partial charge in [-0.1, -0.05) is 6.07 Å². The number of carbonyl (C=O) groups is 1. The minimum Gasteiger partial charge on any atom is -0.481 e. The number of aryl methyl sites for hydroxylation is 1. The molecule has 1 fully saturated rings. The van der Waals surface area contributed by atoms with Gasteiger partial charge in [-0.05, 0) is 49.7 Å². The van der Waals surface area contributed by atoms with Gasteiger partial charge in [-0.2, -0.15) is 0 Å². The third-order valence-electron chi connectivity index (χ3n) is 3.21. The van der Waals surface area contributed by atoms with E-state index in [2.05, 4.69) is 4.98 Å². The van der Waals surface area contributed by atoms with Gasteiger partial charge in [-0.15, -0.1) is 0 Å². The summed E-state index contributed by atoms with van der Waals surface area (Å²) in [6, 6.07) is 3.96.